The van der Waals surface area contributed by atoms with E-state index in [2.05, 4.69) is 5.32 Å². The first kappa shape index (κ1) is 23.2. The highest BCUT2D eigenvalue weighted by Crippen LogP contribution is 2.28. The molecule has 1 aromatic carbocycles. The maximum absolute atomic E-state index is 12.2. The number of carbonyl (C=O) groups is 4. The summed E-state index contributed by atoms with van der Waals surface area (Å²) in [6.45, 7) is 3.94. The first-order valence-corrected chi connectivity index (χ1v) is 10.3. The third-order valence-electron chi connectivity index (χ3n) is 3.85. The van der Waals surface area contributed by atoms with E-state index in [1.165, 1.54) is 25.6 Å². The van der Waals surface area contributed by atoms with Gasteiger partial charge < -0.3 is 13.9 Å². The summed E-state index contributed by atoms with van der Waals surface area (Å²) < 4.78 is 15.3. The maximum Gasteiger partial charge on any atom is 0.344 e. The molecule has 1 N–H and O–H groups in total. The molecule has 9 heteroatoms. The number of aryl methyl sites for hydroxylation is 1. The summed E-state index contributed by atoms with van der Waals surface area (Å²) in [4.78, 5) is 49.1. The summed E-state index contributed by atoms with van der Waals surface area (Å²) in [5, 5.41) is 2.36. The molecule has 0 bridgehead atoms. The molecule has 0 fully saturated rings. The Balaban J connectivity index is 1.91. The second-order valence-corrected chi connectivity index (χ2v) is 7.30. The molecule has 1 aromatic heterocycles. The number of rotatable bonds is 10. The number of esters is 2. The highest BCUT2D eigenvalue weighted by Gasteiger charge is 2.28. The van der Waals surface area contributed by atoms with Crippen LogP contribution >= 0.6 is 11.8 Å². The van der Waals surface area contributed by atoms with Gasteiger partial charge >= 0.3 is 11.9 Å². The van der Waals surface area contributed by atoms with Crippen LogP contribution < -0.4 is 5.32 Å². The Bertz CT molecular complexity index is 921. The Morgan fingerprint density at radius 1 is 1.07 bits per heavy atom. The topological polar surface area (TPSA) is 112 Å². The lowest BCUT2D eigenvalue weighted by Crippen LogP contribution is -2.22. The first-order chi connectivity index (χ1) is 14.3. The van der Waals surface area contributed by atoms with Gasteiger partial charge in [0.1, 0.15) is 11.3 Å². The monoisotopic (exact) mass is 433 g/mol. The van der Waals surface area contributed by atoms with Crippen LogP contribution in [0.25, 0.3) is 0 Å². The molecule has 0 unspecified atom stereocenters. The van der Waals surface area contributed by atoms with E-state index in [1.54, 1.807) is 6.92 Å². The molecular formula is C21H23NO7S. The number of ether oxygens (including phenoxy) is 2. The number of amides is 1. The lowest BCUT2D eigenvalue weighted by molar-refractivity contribution is -0.146. The molecule has 0 atom stereocenters. The van der Waals surface area contributed by atoms with E-state index in [0.717, 1.165) is 4.90 Å². The Kier molecular flexibility index (Phi) is 8.67. The molecule has 0 aliphatic rings. The van der Waals surface area contributed by atoms with E-state index in [4.69, 9.17) is 13.9 Å². The van der Waals surface area contributed by atoms with Gasteiger partial charge in [0, 0.05) is 10.6 Å². The number of carbonyl (C=O) groups excluding carboxylic acids is 4. The number of Topliss-reactive ketones (excluding diaryl/α,β-unsaturated/α-hetero) is 1. The van der Waals surface area contributed by atoms with Gasteiger partial charge in [0.2, 0.25) is 5.88 Å². The van der Waals surface area contributed by atoms with Crippen molar-refractivity contribution in [2.24, 2.45) is 0 Å². The molecule has 2 aromatic rings. The van der Waals surface area contributed by atoms with Crippen molar-refractivity contribution in [1.29, 1.82) is 0 Å². The predicted molar refractivity (Wildman–Crippen MR) is 111 cm³/mol. The number of furan rings is 1. The second kappa shape index (κ2) is 11.2. The molecule has 8 nitrogen and oxygen atoms in total. The SMILES string of the molecule is CCOC(=O)c1c(NC(=O)COC(=O)CCSc2ccccc2)oc(C)c1C(C)=O. The van der Waals surface area contributed by atoms with Crippen LogP contribution in [0.2, 0.25) is 0 Å². The fourth-order valence-electron chi connectivity index (χ4n) is 2.60. The van der Waals surface area contributed by atoms with Gasteiger partial charge in [-0.1, -0.05) is 18.2 Å². The fourth-order valence-corrected chi connectivity index (χ4v) is 3.46. The zero-order valence-electron chi connectivity index (χ0n) is 17.0. The lowest BCUT2D eigenvalue weighted by atomic mass is 10.1. The normalized spacial score (nSPS) is 10.4. The number of hydrogen-bond acceptors (Lipinski definition) is 8. The van der Waals surface area contributed by atoms with Gasteiger partial charge in [0.05, 0.1) is 18.6 Å². The number of ketones is 1. The number of anilines is 1. The molecule has 1 amide bonds. The Hall–Kier alpha value is -3.07. The van der Waals surface area contributed by atoms with Gasteiger partial charge in [0.15, 0.2) is 12.4 Å². The van der Waals surface area contributed by atoms with E-state index in [0.29, 0.717) is 5.75 Å². The third kappa shape index (κ3) is 6.48. The lowest BCUT2D eigenvalue weighted by Gasteiger charge is -2.07. The minimum atomic E-state index is -0.787. The Morgan fingerprint density at radius 2 is 1.77 bits per heavy atom. The van der Waals surface area contributed by atoms with Gasteiger partial charge in [0.25, 0.3) is 5.91 Å². The van der Waals surface area contributed by atoms with Crippen molar-refractivity contribution in [2.45, 2.75) is 32.1 Å². The van der Waals surface area contributed by atoms with E-state index in [1.807, 2.05) is 30.3 Å². The van der Waals surface area contributed by atoms with Gasteiger partial charge in [-0.2, -0.15) is 0 Å². The minimum Gasteiger partial charge on any atom is -0.462 e. The van der Waals surface area contributed by atoms with Crippen LogP contribution in [0, 0.1) is 6.92 Å². The van der Waals surface area contributed by atoms with Gasteiger partial charge in [-0.15, -0.1) is 11.8 Å². The predicted octanol–water partition coefficient (Wildman–Crippen LogP) is 3.63. The van der Waals surface area contributed by atoms with E-state index < -0.39 is 30.2 Å². The van der Waals surface area contributed by atoms with Gasteiger partial charge in [-0.3, -0.25) is 19.7 Å². The summed E-state index contributed by atoms with van der Waals surface area (Å²) in [5.41, 5.74) is -0.112. The number of hydrogen-bond donors (Lipinski definition) is 1. The second-order valence-electron chi connectivity index (χ2n) is 6.13. The molecule has 0 spiro atoms. The summed E-state index contributed by atoms with van der Waals surface area (Å²) >= 11 is 1.50. The molecule has 0 radical (unpaired) electrons. The smallest absolute Gasteiger partial charge is 0.344 e. The van der Waals surface area contributed by atoms with Crippen molar-refractivity contribution in [1.82, 2.24) is 0 Å². The number of nitrogens with one attached hydrogen (secondary N) is 1. The molecule has 160 valence electrons. The molecule has 30 heavy (non-hydrogen) atoms. The van der Waals surface area contributed by atoms with E-state index >= 15 is 0 Å². The van der Waals surface area contributed by atoms with Crippen molar-refractivity contribution >= 4 is 41.3 Å². The molecule has 1 heterocycles. The largest absolute Gasteiger partial charge is 0.462 e. The van der Waals surface area contributed by atoms with Crippen molar-refractivity contribution in [3.63, 3.8) is 0 Å². The number of thioether (sulfide) groups is 1. The molecule has 0 saturated carbocycles. The highest BCUT2D eigenvalue weighted by atomic mass is 32.2. The minimum absolute atomic E-state index is 0.0404. The molecule has 0 aliphatic heterocycles. The van der Waals surface area contributed by atoms with E-state index in [9.17, 15) is 19.2 Å². The van der Waals surface area contributed by atoms with Crippen molar-refractivity contribution in [2.75, 3.05) is 24.3 Å². The van der Waals surface area contributed by atoms with Crippen molar-refractivity contribution in [3.8, 4) is 0 Å². The van der Waals surface area contributed by atoms with Crippen LogP contribution in [0.15, 0.2) is 39.6 Å². The molecule has 0 saturated heterocycles. The van der Waals surface area contributed by atoms with E-state index in [-0.39, 0.29) is 35.8 Å². The van der Waals surface area contributed by atoms with Gasteiger partial charge in [-0.05, 0) is 32.9 Å². The zero-order chi connectivity index (χ0) is 22.1. The van der Waals surface area contributed by atoms with Crippen LogP contribution in [-0.4, -0.2) is 42.6 Å². The fraction of sp³-hybridized carbons (Fsp3) is 0.333. The maximum atomic E-state index is 12.2. The third-order valence-corrected chi connectivity index (χ3v) is 4.86. The highest BCUT2D eigenvalue weighted by molar-refractivity contribution is 7.99. The van der Waals surface area contributed by atoms with Crippen LogP contribution in [0.3, 0.4) is 0 Å². The van der Waals surface area contributed by atoms with Crippen LogP contribution in [0.4, 0.5) is 5.88 Å². The Morgan fingerprint density at radius 3 is 2.40 bits per heavy atom. The van der Waals surface area contributed by atoms with Crippen LogP contribution in [0.1, 0.15) is 46.7 Å². The molecular weight excluding hydrogens is 410 g/mol. The summed E-state index contributed by atoms with van der Waals surface area (Å²) in [5.74, 6) is -1.94. The first-order valence-electron chi connectivity index (χ1n) is 9.28. The van der Waals surface area contributed by atoms with Crippen molar-refractivity contribution in [3.05, 3.63) is 47.2 Å². The summed E-state index contributed by atoms with van der Waals surface area (Å²) in [6.07, 6.45) is 0.134. The Labute approximate surface area is 178 Å². The standard InChI is InChI=1S/C21H23NO7S/c1-4-27-21(26)19-18(13(2)23)14(3)29-20(19)22-16(24)12-28-17(25)10-11-30-15-8-6-5-7-9-15/h5-9H,4,10-12H2,1-3H3,(H,22,24). The van der Waals surface area contributed by atoms with Crippen molar-refractivity contribution < 1.29 is 33.1 Å². The van der Waals surface area contributed by atoms with Crippen LogP contribution in [0.5, 0.6) is 0 Å². The zero-order valence-corrected chi connectivity index (χ0v) is 17.8. The number of benzene rings is 1. The van der Waals surface area contributed by atoms with Crippen LogP contribution in [-0.2, 0) is 19.1 Å². The van der Waals surface area contributed by atoms with Gasteiger partial charge in [-0.25, -0.2) is 4.79 Å². The average Bonchev–Trinajstić information content (AvgIpc) is 3.03. The average molecular weight is 433 g/mol. The quantitative estimate of drug-likeness (QED) is 0.343. The summed E-state index contributed by atoms with van der Waals surface area (Å²) in [7, 11) is 0. The molecule has 2 rings (SSSR count). The molecule has 0 aliphatic carbocycles. The summed E-state index contributed by atoms with van der Waals surface area (Å²) in [6, 6.07) is 9.59.